The Labute approximate surface area is 297 Å². The number of benzene rings is 3. The van der Waals surface area contributed by atoms with Crippen molar-refractivity contribution in [1.29, 1.82) is 0 Å². The quantitative estimate of drug-likeness (QED) is 0.171. The fourth-order valence-corrected chi connectivity index (χ4v) is 7.06. The number of halogens is 2. The summed E-state index contributed by atoms with van der Waals surface area (Å²) in [6.45, 7) is 4.38. The van der Waals surface area contributed by atoms with Crippen molar-refractivity contribution >= 4 is 57.2 Å². The van der Waals surface area contributed by atoms with Crippen molar-refractivity contribution in [2.45, 2.75) is 45.8 Å². The Bertz CT molecular complexity index is 2100. The zero-order valence-electron chi connectivity index (χ0n) is 28.5. The van der Waals surface area contributed by atoms with E-state index in [1.165, 1.54) is 36.2 Å². The molecule has 3 amide bonds. The second-order valence-electron chi connectivity index (χ2n) is 12.5. The molecule has 7 rings (SSSR count). The minimum atomic E-state index is -3.53. The Morgan fingerprint density at radius 2 is 1.86 bits per heavy atom. The lowest BCUT2D eigenvalue weighted by molar-refractivity contribution is -0.131. The average Bonchev–Trinajstić information content (AvgIpc) is 3.61. The number of nitrogens with zero attached hydrogens (tertiary/aromatic N) is 4. The summed E-state index contributed by atoms with van der Waals surface area (Å²) in [4.78, 5) is 52.8. The Hall–Kier alpha value is -5.63. The molecule has 0 saturated carbocycles. The van der Waals surface area contributed by atoms with E-state index >= 15 is 8.78 Å². The van der Waals surface area contributed by atoms with Crippen LogP contribution in [0.4, 0.5) is 30.8 Å². The lowest BCUT2D eigenvalue weighted by atomic mass is 9.91. The number of hydrogen-bond donors (Lipinski definition) is 3. The van der Waals surface area contributed by atoms with Gasteiger partial charge >= 0.3 is 12.0 Å². The highest BCUT2D eigenvalue weighted by molar-refractivity contribution is 7.09. The first-order chi connectivity index (χ1) is 24.3. The molecule has 264 valence electrons. The van der Waals surface area contributed by atoms with E-state index in [2.05, 4.69) is 20.6 Å². The summed E-state index contributed by atoms with van der Waals surface area (Å²) in [5, 5.41) is 9.96. The van der Waals surface area contributed by atoms with Gasteiger partial charge in [0, 0.05) is 65.8 Å². The van der Waals surface area contributed by atoms with Gasteiger partial charge in [-0.3, -0.25) is 14.9 Å². The number of ether oxygens (including phenoxy) is 1. The van der Waals surface area contributed by atoms with Crippen LogP contribution in [-0.2, 0) is 28.5 Å². The number of fused-ring (bicyclic) bond motifs is 10. The van der Waals surface area contributed by atoms with Crippen molar-refractivity contribution < 1.29 is 27.9 Å². The van der Waals surface area contributed by atoms with Crippen LogP contribution in [0.5, 0.6) is 0 Å². The van der Waals surface area contributed by atoms with E-state index in [1.54, 1.807) is 66.8 Å². The molecular weight excluding hydrogens is 677 g/mol. The number of nitrogens with one attached hydrogen (secondary N) is 2. The number of likely N-dealkylation sites (N-methyl/N-ethyl adjacent to an activating group) is 1. The maximum atomic E-state index is 15.7. The summed E-state index contributed by atoms with van der Waals surface area (Å²) in [5.41, 5.74) is 8.22. The van der Waals surface area contributed by atoms with Gasteiger partial charge in [-0.1, -0.05) is 12.1 Å². The van der Waals surface area contributed by atoms with Crippen LogP contribution in [-0.4, -0.2) is 57.9 Å². The van der Waals surface area contributed by atoms with Gasteiger partial charge in [0.25, 0.3) is 5.91 Å². The summed E-state index contributed by atoms with van der Waals surface area (Å²) >= 11 is 1.43. The van der Waals surface area contributed by atoms with Crippen LogP contribution in [0.25, 0.3) is 10.8 Å². The number of nitrogens with two attached hydrogens (primary N) is 1. The first kappa shape index (κ1) is 35.2. The van der Waals surface area contributed by atoms with Gasteiger partial charge in [-0.25, -0.2) is 14.8 Å². The van der Waals surface area contributed by atoms with Crippen molar-refractivity contribution in [2.24, 2.45) is 0 Å². The van der Waals surface area contributed by atoms with E-state index in [9.17, 15) is 14.4 Å². The number of rotatable bonds is 6. The SMILES string of the molecule is CCN(Cc1nccs1)C(=O)c1ccc2cc1CN(C)C(=O)[C@H](Nc1ccc3c(N)nccc3c1)c1cc(C)c(c(C)c1)C(F)(F)COC(=O)N2. The maximum absolute atomic E-state index is 15.7. The van der Waals surface area contributed by atoms with Gasteiger partial charge in [0.2, 0.25) is 5.91 Å². The minimum absolute atomic E-state index is 0.0223. The molecule has 0 unspecified atom stereocenters. The molecule has 3 aromatic carbocycles. The molecule has 4 N–H and O–H groups in total. The lowest BCUT2D eigenvalue weighted by Gasteiger charge is -2.29. The molecule has 1 atom stereocenters. The zero-order chi connectivity index (χ0) is 36.4. The number of nitrogen functional groups attached to an aromatic ring is 1. The molecule has 2 aliphatic heterocycles. The van der Waals surface area contributed by atoms with Crippen LogP contribution >= 0.6 is 11.3 Å². The van der Waals surface area contributed by atoms with E-state index in [-0.39, 0.29) is 47.3 Å². The molecule has 2 aliphatic rings. The number of carbonyl (C=O) groups is 3. The van der Waals surface area contributed by atoms with Crippen LogP contribution in [0.2, 0.25) is 0 Å². The standard InChI is InChI=1S/C37H37F2N7O4S/c1-5-46(19-30-41-12-13-51-30)34(47)29-9-7-27-17-25(29)18-45(4)35(48)32(43-26-6-8-28-23(16-26)10-11-42-33(28)40)24-14-21(2)31(22(3)15-24)37(38,39)20-50-36(49)44-27/h6-17,32,43H,5,18-20H2,1-4H3,(H2,40,42)(H,44,49)/t32-/m1/s1. The number of anilines is 3. The van der Waals surface area contributed by atoms with Gasteiger partial charge in [0.15, 0.2) is 6.61 Å². The van der Waals surface area contributed by atoms with Crippen LogP contribution in [0, 0.1) is 13.8 Å². The van der Waals surface area contributed by atoms with Gasteiger partial charge in [-0.2, -0.15) is 8.78 Å². The zero-order valence-corrected chi connectivity index (χ0v) is 29.3. The van der Waals surface area contributed by atoms with Crippen molar-refractivity contribution in [3.05, 3.63) is 111 Å². The first-order valence-electron chi connectivity index (χ1n) is 16.2. The van der Waals surface area contributed by atoms with Crippen LogP contribution < -0.4 is 16.4 Å². The monoisotopic (exact) mass is 713 g/mol. The lowest BCUT2D eigenvalue weighted by Crippen LogP contribution is -2.36. The number of aromatic nitrogens is 2. The summed E-state index contributed by atoms with van der Waals surface area (Å²) in [7, 11) is 1.60. The molecule has 11 nitrogen and oxygen atoms in total. The normalized spacial score (nSPS) is 16.1. The van der Waals surface area contributed by atoms with Gasteiger partial charge in [-0.15, -0.1) is 11.3 Å². The number of hydrogen-bond acceptors (Lipinski definition) is 9. The summed E-state index contributed by atoms with van der Waals surface area (Å²) in [6.07, 6.45) is 2.18. The molecule has 0 radical (unpaired) electrons. The number of pyridine rings is 1. The smallest absolute Gasteiger partial charge is 0.411 e. The van der Waals surface area contributed by atoms with Crippen molar-refractivity contribution in [2.75, 3.05) is 36.6 Å². The van der Waals surface area contributed by atoms with Crippen LogP contribution in [0.1, 0.15) is 56.1 Å². The summed E-state index contributed by atoms with van der Waals surface area (Å²) in [5.74, 6) is -3.85. The Morgan fingerprint density at radius 3 is 2.57 bits per heavy atom. The third-order valence-electron chi connectivity index (χ3n) is 8.84. The number of carbonyl (C=O) groups excluding carboxylic acids is 3. The molecule has 0 saturated heterocycles. The largest absolute Gasteiger partial charge is 0.442 e. The molecule has 0 fully saturated rings. The highest BCUT2D eigenvalue weighted by Crippen LogP contribution is 2.37. The van der Waals surface area contributed by atoms with E-state index < -0.39 is 24.7 Å². The van der Waals surface area contributed by atoms with E-state index in [0.29, 0.717) is 34.7 Å². The van der Waals surface area contributed by atoms with Gasteiger partial charge in [0.05, 0.1) is 6.54 Å². The molecular formula is C37H37F2N7O4S. The molecule has 5 aromatic rings. The fourth-order valence-electron chi connectivity index (χ4n) is 6.42. The number of aryl methyl sites for hydroxylation is 2. The summed E-state index contributed by atoms with van der Waals surface area (Å²) in [6, 6.07) is 13.9. The summed E-state index contributed by atoms with van der Waals surface area (Å²) < 4.78 is 36.3. The third kappa shape index (κ3) is 7.45. The van der Waals surface area contributed by atoms with Crippen LogP contribution in [0.3, 0.4) is 0 Å². The highest BCUT2D eigenvalue weighted by atomic mass is 32.1. The maximum Gasteiger partial charge on any atom is 0.411 e. The van der Waals surface area contributed by atoms with E-state index in [0.717, 1.165) is 15.8 Å². The molecule has 2 aromatic heterocycles. The van der Waals surface area contributed by atoms with Crippen molar-refractivity contribution in [3.63, 3.8) is 0 Å². The number of thiazole rings is 1. The second-order valence-corrected chi connectivity index (χ2v) is 13.4. The predicted molar refractivity (Wildman–Crippen MR) is 193 cm³/mol. The predicted octanol–water partition coefficient (Wildman–Crippen LogP) is 7.02. The molecule has 0 spiro atoms. The Kier molecular flexibility index (Phi) is 9.88. The fraction of sp³-hybridized carbons (Fsp3) is 0.270. The van der Waals surface area contributed by atoms with Crippen molar-refractivity contribution in [3.8, 4) is 0 Å². The Balaban J connectivity index is 1.43. The third-order valence-corrected chi connectivity index (χ3v) is 9.60. The second kappa shape index (κ2) is 14.3. The number of alkyl halides is 2. The van der Waals surface area contributed by atoms with Crippen molar-refractivity contribution in [1.82, 2.24) is 19.8 Å². The average molecular weight is 714 g/mol. The van der Waals surface area contributed by atoms with E-state index in [4.69, 9.17) is 10.5 Å². The molecule has 0 aliphatic carbocycles. The Morgan fingerprint density at radius 1 is 1.10 bits per heavy atom. The van der Waals surface area contributed by atoms with Gasteiger partial charge < -0.3 is 25.6 Å². The topological polar surface area (TPSA) is 143 Å². The van der Waals surface area contributed by atoms with Crippen LogP contribution in [0.15, 0.2) is 72.4 Å². The highest BCUT2D eigenvalue weighted by Gasteiger charge is 2.38. The van der Waals surface area contributed by atoms with Gasteiger partial charge in [0.1, 0.15) is 16.9 Å². The molecule has 4 bridgehead atoms. The first-order valence-corrected chi connectivity index (χ1v) is 17.1. The molecule has 4 heterocycles. The van der Waals surface area contributed by atoms with Gasteiger partial charge in [-0.05, 0) is 90.9 Å². The minimum Gasteiger partial charge on any atom is -0.442 e. The molecule has 51 heavy (non-hydrogen) atoms. The molecule has 14 heteroatoms. The van der Waals surface area contributed by atoms with E-state index in [1.807, 2.05) is 18.4 Å². The number of amides is 3.